The summed E-state index contributed by atoms with van der Waals surface area (Å²) in [4.78, 5) is 24.7. The number of ether oxygens (including phenoxy) is 3. The van der Waals surface area contributed by atoms with E-state index < -0.39 is 5.60 Å². The molecule has 0 aliphatic carbocycles. The summed E-state index contributed by atoms with van der Waals surface area (Å²) in [6.45, 7) is 0.249. The monoisotopic (exact) mass is 624 g/mol. The van der Waals surface area contributed by atoms with Gasteiger partial charge in [0.1, 0.15) is 17.6 Å². The van der Waals surface area contributed by atoms with Crippen molar-refractivity contribution in [2.75, 3.05) is 13.7 Å². The lowest BCUT2D eigenvalue weighted by molar-refractivity contribution is -0.194. The van der Waals surface area contributed by atoms with Crippen LogP contribution in [0.2, 0.25) is 0 Å². The van der Waals surface area contributed by atoms with E-state index >= 15 is 0 Å². The first kappa shape index (κ1) is 32.0. The summed E-state index contributed by atoms with van der Waals surface area (Å²) in [5.74, 6) is -0.856. The smallest absolute Gasteiger partial charge is 0.337 e. The van der Waals surface area contributed by atoms with Crippen LogP contribution in [-0.4, -0.2) is 31.8 Å². The quantitative estimate of drug-likeness (QED) is 0.0922. The second-order valence-electron chi connectivity index (χ2n) is 12.1. The minimum absolute atomic E-state index is 0.201. The lowest BCUT2D eigenvalue weighted by atomic mass is 9.79. The predicted molar refractivity (Wildman–Crippen MR) is 183 cm³/mol. The fraction of sp³-hybridized carbons (Fsp3) is 0.238. The summed E-state index contributed by atoms with van der Waals surface area (Å²) in [6.07, 6.45) is 4.13. The summed E-state index contributed by atoms with van der Waals surface area (Å²) in [6, 6.07) is 47.0. The maximum absolute atomic E-state index is 12.8. The molecule has 0 aromatic heterocycles. The van der Waals surface area contributed by atoms with E-state index in [1.165, 1.54) is 18.2 Å². The fourth-order valence-electron chi connectivity index (χ4n) is 6.53. The zero-order chi connectivity index (χ0) is 32.5. The number of hydrogen-bond acceptors (Lipinski definition) is 5. The van der Waals surface area contributed by atoms with Crippen molar-refractivity contribution in [1.82, 2.24) is 0 Å². The van der Waals surface area contributed by atoms with E-state index in [1.807, 2.05) is 72.8 Å². The molecule has 1 saturated heterocycles. The van der Waals surface area contributed by atoms with Crippen molar-refractivity contribution in [3.05, 3.63) is 178 Å². The molecule has 47 heavy (non-hydrogen) atoms. The van der Waals surface area contributed by atoms with Crippen LogP contribution in [0.15, 0.2) is 140 Å². The number of esters is 2. The molecule has 0 spiro atoms. The van der Waals surface area contributed by atoms with Crippen molar-refractivity contribution in [1.29, 1.82) is 0 Å². The molecule has 5 aromatic carbocycles. The Bertz CT molecular complexity index is 1670. The number of hydrogen-bond donors (Lipinski definition) is 0. The second kappa shape index (κ2) is 15.1. The third-order valence-electron chi connectivity index (χ3n) is 9.03. The van der Waals surface area contributed by atoms with E-state index in [0.717, 1.165) is 54.4 Å². The molecule has 1 heterocycles. The Kier molecular flexibility index (Phi) is 10.2. The summed E-state index contributed by atoms with van der Waals surface area (Å²) in [7, 11) is 1.40. The Hall–Kier alpha value is -5.00. The van der Waals surface area contributed by atoms with Crippen LogP contribution in [0.5, 0.6) is 0 Å². The molecule has 6 rings (SSSR count). The van der Waals surface area contributed by atoms with Crippen molar-refractivity contribution in [2.24, 2.45) is 5.92 Å². The Morgan fingerprint density at radius 1 is 0.660 bits per heavy atom. The van der Waals surface area contributed by atoms with Gasteiger partial charge in [-0.25, -0.2) is 4.79 Å². The van der Waals surface area contributed by atoms with Gasteiger partial charge < -0.3 is 14.2 Å². The van der Waals surface area contributed by atoms with Crippen LogP contribution in [0, 0.1) is 5.92 Å². The van der Waals surface area contributed by atoms with Gasteiger partial charge in [-0.1, -0.05) is 127 Å². The molecule has 5 heteroatoms. The van der Waals surface area contributed by atoms with E-state index in [9.17, 15) is 9.59 Å². The van der Waals surface area contributed by atoms with Crippen LogP contribution in [0.4, 0.5) is 0 Å². The van der Waals surface area contributed by atoms with Crippen molar-refractivity contribution < 1.29 is 23.8 Å². The van der Waals surface area contributed by atoms with Gasteiger partial charge in [-0.2, -0.15) is 0 Å². The first-order valence-electron chi connectivity index (χ1n) is 16.3. The number of cyclic esters (lactones) is 1. The zero-order valence-electron chi connectivity index (χ0n) is 26.7. The van der Waals surface area contributed by atoms with E-state index in [4.69, 9.17) is 14.2 Å². The third kappa shape index (κ3) is 7.37. The van der Waals surface area contributed by atoms with Crippen LogP contribution in [0.25, 0.3) is 0 Å². The molecule has 1 fully saturated rings. The maximum atomic E-state index is 12.8. The highest BCUT2D eigenvalue weighted by atomic mass is 16.6. The fourth-order valence-corrected chi connectivity index (χ4v) is 6.53. The highest BCUT2D eigenvalue weighted by Gasteiger charge is 2.45. The molecular formula is C42H40O5. The molecule has 238 valence electrons. The topological polar surface area (TPSA) is 61.8 Å². The van der Waals surface area contributed by atoms with Gasteiger partial charge in [-0.3, -0.25) is 4.79 Å². The van der Waals surface area contributed by atoms with Gasteiger partial charge >= 0.3 is 11.9 Å². The van der Waals surface area contributed by atoms with Crippen molar-refractivity contribution >= 4 is 11.9 Å². The molecule has 1 aliphatic heterocycles. The standard InChI is InChI=1S/C42H40O5/c1-45-40(43)34-19-13-18-32(29-34)16-11-14-31-15-12-17-33(28-31)26-27-39-38(41(44)47-39)30-46-42(35-20-5-2-6-21-35,36-22-7-3-8-23-36)37-24-9-4-10-25-37/h2-10,12-13,15,17-25,28-29,38-39H,11,14,16,26-27,30H2,1H3/t38-,39-/m1/s1. The molecule has 5 aromatic rings. The first-order valence-corrected chi connectivity index (χ1v) is 16.3. The summed E-state index contributed by atoms with van der Waals surface area (Å²) < 4.78 is 17.5. The number of carbonyl (C=O) groups is 2. The normalized spacial score (nSPS) is 15.8. The molecule has 0 bridgehead atoms. The Morgan fingerprint density at radius 3 is 1.70 bits per heavy atom. The highest BCUT2D eigenvalue weighted by Crippen LogP contribution is 2.42. The molecule has 5 nitrogen and oxygen atoms in total. The molecule has 0 unspecified atom stereocenters. The van der Waals surface area contributed by atoms with Gasteiger partial charge in [-0.15, -0.1) is 0 Å². The number of methoxy groups -OCH3 is 1. The van der Waals surface area contributed by atoms with E-state index in [2.05, 4.69) is 60.7 Å². The Balaban J connectivity index is 1.11. The molecule has 2 atom stereocenters. The van der Waals surface area contributed by atoms with Gasteiger partial charge in [0.2, 0.25) is 0 Å². The molecule has 1 aliphatic rings. The maximum Gasteiger partial charge on any atom is 0.337 e. The minimum atomic E-state index is -0.876. The summed E-state index contributed by atoms with van der Waals surface area (Å²) >= 11 is 0. The van der Waals surface area contributed by atoms with Gasteiger partial charge in [0.05, 0.1) is 19.3 Å². The van der Waals surface area contributed by atoms with Crippen LogP contribution in [-0.2, 0) is 43.9 Å². The number of aryl methyl sites for hydroxylation is 3. The minimum Gasteiger partial charge on any atom is -0.465 e. The van der Waals surface area contributed by atoms with Gasteiger partial charge in [-0.05, 0) is 77.6 Å². The lowest BCUT2D eigenvalue weighted by Crippen LogP contribution is -2.49. The summed E-state index contributed by atoms with van der Waals surface area (Å²) in [5, 5.41) is 0. The largest absolute Gasteiger partial charge is 0.465 e. The lowest BCUT2D eigenvalue weighted by Gasteiger charge is -2.40. The van der Waals surface area contributed by atoms with Crippen LogP contribution >= 0.6 is 0 Å². The summed E-state index contributed by atoms with van der Waals surface area (Å²) in [5.41, 5.74) is 6.36. The van der Waals surface area contributed by atoms with Crippen molar-refractivity contribution in [2.45, 2.75) is 43.8 Å². The molecule has 0 saturated carbocycles. The molecule has 0 radical (unpaired) electrons. The highest BCUT2D eigenvalue weighted by molar-refractivity contribution is 5.89. The van der Waals surface area contributed by atoms with Crippen LogP contribution in [0.1, 0.15) is 56.6 Å². The third-order valence-corrected chi connectivity index (χ3v) is 9.03. The first-order chi connectivity index (χ1) is 23.1. The Labute approximate surface area is 277 Å². The van der Waals surface area contributed by atoms with Crippen LogP contribution in [0.3, 0.4) is 0 Å². The van der Waals surface area contributed by atoms with Crippen molar-refractivity contribution in [3.8, 4) is 0 Å². The average Bonchev–Trinajstić information content (AvgIpc) is 3.13. The molecular weight excluding hydrogens is 584 g/mol. The number of rotatable bonds is 14. The zero-order valence-corrected chi connectivity index (χ0v) is 26.7. The second-order valence-corrected chi connectivity index (χ2v) is 12.1. The Morgan fingerprint density at radius 2 is 1.17 bits per heavy atom. The SMILES string of the molecule is COC(=O)c1cccc(CCCc2cccc(CC[C@H]3OC(=O)[C@@H]3COC(c3ccccc3)(c3ccccc3)c3ccccc3)c2)c1. The van der Waals surface area contributed by atoms with E-state index in [1.54, 1.807) is 6.07 Å². The average molecular weight is 625 g/mol. The van der Waals surface area contributed by atoms with E-state index in [-0.39, 0.29) is 30.6 Å². The molecule has 0 N–H and O–H groups in total. The molecule has 0 amide bonds. The predicted octanol–water partition coefficient (Wildman–Crippen LogP) is 8.13. The van der Waals surface area contributed by atoms with Crippen molar-refractivity contribution in [3.63, 3.8) is 0 Å². The van der Waals surface area contributed by atoms with Gasteiger partial charge in [0, 0.05) is 0 Å². The van der Waals surface area contributed by atoms with Gasteiger partial charge in [0.25, 0.3) is 0 Å². The number of benzene rings is 5. The van der Waals surface area contributed by atoms with Gasteiger partial charge in [0.15, 0.2) is 0 Å². The number of carbonyl (C=O) groups excluding carboxylic acids is 2. The van der Waals surface area contributed by atoms with E-state index in [0.29, 0.717) is 5.56 Å². The van der Waals surface area contributed by atoms with Crippen LogP contribution < -0.4 is 0 Å².